The molecule has 4 rings (SSSR count). The minimum Gasteiger partial charge on any atom is -0.460 e. The van der Waals surface area contributed by atoms with Gasteiger partial charge >= 0.3 is 0 Å². The highest BCUT2D eigenvalue weighted by Gasteiger charge is 2.24. The molecule has 4 aromatic rings. The molecule has 0 spiro atoms. The zero-order valence-corrected chi connectivity index (χ0v) is 15.5. The quantitative estimate of drug-likeness (QED) is 0.573. The van der Waals surface area contributed by atoms with Gasteiger partial charge < -0.3 is 9.73 Å². The second-order valence-corrected chi connectivity index (χ2v) is 6.51. The first kappa shape index (κ1) is 17.0. The lowest BCUT2D eigenvalue weighted by atomic mass is 10.0. The molecule has 0 bridgehead atoms. The molecule has 7 heteroatoms. The molecule has 0 unspecified atom stereocenters. The molecule has 0 atom stereocenters. The van der Waals surface area contributed by atoms with Crippen molar-refractivity contribution in [3.05, 3.63) is 58.5 Å². The number of carbonyl (C=O) groups excluding carboxylic acids is 1. The van der Waals surface area contributed by atoms with Gasteiger partial charge in [-0.2, -0.15) is 10.2 Å². The number of nitrogens with one attached hydrogen (secondary N) is 2. The van der Waals surface area contributed by atoms with Crippen molar-refractivity contribution in [1.29, 1.82) is 0 Å². The van der Waals surface area contributed by atoms with Crippen LogP contribution < -0.4 is 5.32 Å². The summed E-state index contributed by atoms with van der Waals surface area (Å²) in [5.41, 5.74) is 4.41. The number of amides is 1. The number of nitrogens with zero attached hydrogens (tertiary/aromatic N) is 3. The fraction of sp³-hybridized carbons (Fsp3) is 0.200. The summed E-state index contributed by atoms with van der Waals surface area (Å²) in [5, 5.41) is 18.9. The van der Waals surface area contributed by atoms with Crippen LogP contribution in [0.3, 0.4) is 0 Å². The molecule has 1 amide bonds. The van der Waals surface area contributed by atoms with E-state index in [9.17, 15) is 4.79 Å². The van der Waals surface area contributed by atoms with Gasteiger partial charge in [0.05, 0.1) is 16.6 Å². The minimum atomic E-state index is -0.273. The van der Waals surface area contributed by atoms with E-state index >= 15 is 0 Å². The third-order valence-electron chi connectivity index (χ3n) is 4.85. The summed E-state index contributed by atoms with van der Waals surface area (Å²) in [5.74, 6) is 1.42. The fourth-order valence-corrected chi connectivity index (χ4v) is 3.09. The molecule has 0 saturated carbocycles. The lowest BCUT2D eigenvalue weighted by Gasteiger charge is -2.06. The number of rotatable bonds is 3. The van der Waals surface area contributed by atoms with Crippen LogP contribution in [0, 0.1) is 27.7 Å². The number of fused-ring (bicyclic) bond motifs is 1. The molecular formula is C20H19N5O2. The maximum absolute atomic E-state index is 13.1. The van der Waals surface area contributed by atoms with Gasteiger partial charge in [-0.1, -0.05) is 30.3 Å². The number of H-pyrrole nitrogens is 1. The van der Waals surface area contributed by atoms with Crippen LogP contribution in [0.1, 0.15) is 32.9 Å². The van der Waals surface area contributed by atoms with Gasteiger partial charge in [0.25, 0.3) is 5.91 Å². The lowest BCUT2D eigenvalue weighted by Crippen LogP contribution is -2.14. The minimum absolute atomic E-state index is 0.273. The number of aromatic amines is 1. The first-order valence-corrected chi connectivity index (χ1v) is 8.62. The van der Waals surface area contributed by atoms with Gasteiger partial charge in [0.2, 0.25) is 0 Å². The summed E-state index contributed by atoms with van der Waals surface area (Å²) in [6.45, 7) is 7.53. The van der Waals surface area contributed by atoms with E-state index in [0.29, 0.717) is 28.5 Å². The molecule has 136 valence electrons. The highest BCUT2D eigenvalue weighted by atomic mass is 16.3. The van der Waals surface area contributed by atoms with Crippen LogP contribution in [0.5, 0.6) is 0 Å². The second kappa shape index (κ2) is 6.35. The Morgan fingerprint density at radius 3 is 2.52 bits per heavy atom. The van der Waals surface area contributed by atoms with Crippen molar-refractivity contribution in [2.24, 2.45) is 0 Å². The summed E-state index contributed by atoms with van der Waals surface area (Å²) >= 11 is 0. The summed E-state index contributed by atoms with van der Waals surface area (Å²) in [4.78, 5) is 13.1. The highest BCUT2D eigenvalue weighted by Crippen LogP contribution is 2.32. The number of aryl methyl sites for hydroxylation is 3. The van der Waals surface area contributed by atoms with Crippen molar-refractivity contribution < 1.29 is 9.21 Å². The monoisotopic (exact) mass is 361 g/mol. The Bertz CT molecular complexity index is 1160. The second-order valence-electron chi connectivity index (χ2n) is 6.51. The number of hydrogen-bond acceptors (Lipinski definition) is 5. The first-order valence-electron chi connectivity index (χ1n) is 8.62. The number of furan rings is 1. The molecular weight excluding hydrogens is 342 g/mol. The van der Waals surface area contributed by atoms with E-state index in [2.05, 4.69) is 25.7 Å². The standard InChI is InChI=1S/C20H19N5O2/c1-10-12(3)22-24-19-16(10)18(23-25-19)21-20(26)15-11(2)13(4)27-17(15)14-8-6-5-7-9-14/h5-9H,1-4H3,(H2,21,23,24,25,26). The maximum Gasteiger partial charge on any atom is 0.261 e. The van der Waals surface area contributed by atoms with Crippen molar-refractivity contribution >= 4 is 22.8 Å². The van der Waals surface area contributed by atoms with Crippen LogP contribution in [0.4, 0.5) is 5.82 Å². The predicted molar refractivity (Wildman–Crippen MR) is 103 cm³/mol. The summed E-state index contributed by atoms with van der Waals surface area (Å²) in [7, 11) is 0. The number of benzene rings is 1. The van der Waals surface area contributed by atoms with E-state index in [1.165, 1.54) is 0 Å². The predicted octanol–water partition coefficient (Wildman–Crippen LogP) is 4.10. The third kappa shape index (κ3) is 2.77. The van der Waals surface area contributed by atoms with E-state index in [-0.39, 0.29) is 5.91 Å². The Morgan fingerprint density at radius 1 is 1.04 bits per heavy atom. The normalized spacial score (nSPS) is 11.1. The van der Waals surface area contributed by atoms with Crippen LogP contribution in [-0.4, -0.2) is 26.3 Å². The Labute approximate surface area is 155 Å². The van der Waals surface area contributed by atoms with Gasteiger partial charge in [-0.15, -0.1) is 5.10 Å². The number of hydrogen-bond donors (Lipinski definition) is 2. The average Bonchev–Trinajstić information content (AvgIpc) is 3.20. The number of aromatic nitrogens is 4. The van der Waals surface area contributed by atoms with Crippen LogP contribution in [0.15, 0.2) is 34.7 Å². The summed E-state index contributed by atoms with van der Waals surface area (Å²) in [6.07, 6.45) is 0. The molecule has 0 aliphatic carbocycles. The maximum atomic E-state index is 13.1. The first-order chi connectivity index (χ1) is 13.0. The SMILES string of the molecule is Cc1nnc2[nH]nc(NC(=O)c3c(-c4ccccc4)oc(C)c3C)c2c1C. The van der Waals surface area contributed by atoms with Crippen LogP contribution in [0.25, 0.3) is 22.4 Å². The van der Waals surface area contributed by atoms with Crippen molar-refractivity contribution in [3.63, 3.8) is 0 Å². The van der Waals surface area contributed by atoms with E-state index in [1.807, 2.05) is 58.0 Å². The molecule has 2 N–H and O–H groups in total. The van der Waals surface area contributed by atoms with Crippen LogP contribution in [0.2, 0.25) is 0 Å². The third-order valence-corrected chi connectivity index (χ3v) is 4.85. The molecule has 3 heterocycles. The fourth-order valence-electron chi connectivity index (χ4n) is 3.09. The van der Waals surface area contributed by atoms with Crippen molar-refractivity contribution in [2.45, 2.75) is 27.7 Å². The van der Waals surface area contributed by atoms with Crippen molar-refractivity contribution in [1.82, 2.24) is 20.4 Å². The van der Waals surface area contributed by atoms with Gasteiger partial charge in [-0.25, -0.2) is 0 Å². The van der Waals surface area contributed by atoms with Gasteiger partial charge in [0.15, 0.2) is 11.5 Å². The molecule has 0 aliphatic rings. The molecule has 0 fully saturated rings. The zero-order chi connectivity index (χ0) is 19.1. The van der Waals surface area contributed by atoms with E-state index in [4.69, 9.17) is 4.42 Å². The largest absolute Gasteiger partial charge is 0.460 e. The van der Waals surface area contributed by atoms with E-state index < -0.39 is 0 Å². The van der Waals surface area contributed by atoms with Gasteiger partial charge in [-0.3, -0.25) is 9.89 Å². The van der Waals surface area contributed by atoms with E-state index in [0.717, 1.165) is 27.8 Å². The van der Waals surface area contributed by atoms with Gasteiger partial charge in [-0.05, 0) is 33.3 Å². The Morgan fingerprint density at radius 2 is 1.78 bits per heavy atom. The lowest BCUT2D eigenvalue weighted by molar-refractivity contribution is 0.102. The highest BCUT2D eigenvalue weighted by molar-refractivity contribution is 6.11. The molecule has 27 heavy (non-hydrogen) atoms. The Hall–Kier alpha value is -3.48. The van der Waals surface area contributed by atoms with Crippen molar-refractivity contribution in [2.75, 3.05) is 5.32 Å². The Kier molecular flexibility index (Phi) is 3.99. The molecule has 3 aromatic heterocycles. The number of carbonyl (C=O) groups is 1. The Balaban J connectivity index is 1.78. The van der Waals surface area contributed by atoms with Crippen molar-refractivity contribution in [3.8, 4) is 11.3 Å². The average molecular weight is 361 g/mol. The molecule has 0 aliphatic heterocycles. The van der Waals surface area contributed by atoms with Crippen LogP contribution >= 0.6 is 0 Å². The molecule has 1 aromatic carbocycles. The summed E-state index contributed by atoms with van der Waals surface area (Å²) in [6, 6.07) is 9.59. The number of anilines is 1. The molecule has 0 radical (unpaired) electrons. The van der Waals surface area contributed by atoms with Gasteiger partial charge in [0, 0.05) is 11.1 Å². The summed E-state index contributed by atoms with van der Waals surface area (Å²) < 4.78 is 5.89. The molecule has 7 nitrogen and oxygen atoms in total. The zero-order valence-electron chi connectivity index (χ0n) is 15.5. The van der Waals surface area contributed by atoms with Crippen LogP contribution in [-0.2, 0) is 0 Å². The molecule has 0 saturated heterocycles. The van der Waals surface area contributed by atoms with Gasteiger partial charge in [0.1, 0.15) is 11.5 Å². The smallest absolute Gasteiger partial charge is 0.261 e. The topological polar surface area (TPSA) is 96.7 Å². The van der Waals surface area contributed by atoms with E-state index in [1.54, 1.807) is 0 Å².